The van der Waals surface area contributed by atoms with Crippen LogP contribution < -0.4 is 0 Å². The molecule has 0 fully saturated rings. The van der Waals surface area contributed by atoms with Crippen LogP contribution >= 0.6 is 0 Å². The highest BCUT2D eigenvalue weighted by molar-refractivity contribution is 5.64. The number of benzene rings is 1. The highest BCUT2D eigenvalue weighted by Gasteiger charge is 2.26. The third kappa shape index (κ3) is 1.42. The molecule has 2 nitrogen and oxygen atoms in total. The van der Waals surface area contributed by atoms with Crippen molar-refractivity contribution in [3.05, 3.63) is 41.5 Å². The number of nitrogens with zero attached hydrogens (tertiary/aromatic N) is 1. The van der Waals surface area contributed by atoms with Crippen LogP contribution in [0.1, 0.15) is 19.4 Å². The molecule has 1 aliphatic heterocycles. The van der Waals surface area contributed by atoms with E-state index in [1.165, 1.54) is 5.57 Å². The van der Waals surface area contributed by atoms with E-state index in [-0.39, 0.29) is 0 Å². The van der Waals surface area contributed by atoms with Gasteiger partial charge in [-0.05, 0) is 19.4 Å². The number of rotatable bonds is 1. The maximum Gasteiger partial charge on any atom is 0.155 e. The predicted molar refractivity (Wildman–Crippen MR) is 57.3 cm³/mol. The van der Waals surface area contributed by atoms with Crippen molar-refractivity contribution in [3.8, 4) is 0 Å². The summed E-state index contributed by atoms with van der Waals surface area (Å²) in [4.78, 5) is 5.68. The smallest absolute Gasteiger partial charge is 0.155 e. The molecule has 0 spiro atoms. The molecule has 1 heterocycles. The van der Waals surface area contributed by atoms with E-state index in [2.05, 4.69) is 26.0 Å². The Morgan fingerprint density at radius 3 is 2.36 bits per heavy atom. The quantitative estimate of drug-likeness (QED) is 0.673. The van der Waals surface area contributed by atoms with Gasteiger partial charge in [-0.1, -0.05) is 30.3 Å². The van der Waals surface area contributed by atoms with E-state index in [0.717, 1.165) is 11.3 Å². The Labute approximate surface area is 84.8 Å². The minimum absolute atomic E-state index is 0.366. The molecule has 14 heavy (non-hydrogen) atoms. The summed E-state index contributed by atoms with van der Waals surface area (Å²) in [5.74, 6) is 1.00. The fourth-order valence-electron chi connectivity index (χ4n) is 1.63. The molecular weight excluding hydrogens is 174 g/mol. The zero-order valence-electron chi connectivity index (χ0n) is 8.82. The molecule has 0 bridgehead atoms. The van der Waals surface area contributed by atoms with Crippen molar-refractivity contribution < 1.29 is 4.84 Å². The number of hydrogen-bond donors (Lipinski definition) is 0. The Morgan fingerprint density at radius 1 is 1.21 bits per heavy atom. The summed E-state index contributed by atoms with van der Waals surface area (Å²) >= 11 is 0. The van der Waals surface area contributed by atoms with Crippen LogP contribution in [0.2, 0.25) is 0 Å². The standard InChI is InChI=1S/C12H15NO/c1-9-10(2)13(3)14-12(9)11-7-5-4-6-8-11/h4-8,10H,1-3H3. The highest BCUT2D eigenvalue weighted by Crippen LogP contribution is 2.31. The lowest BCUT2D eigenvalue weighted by Gasteiger charge is -2.14. The molecule has 0 saturated carbocycles. The lowest BCUT2D eigenvalue weighted by atomic mass is 10.1. The van der Waals surface area contributed by atoms with Gasteiger partial charge in [0, 0.05) is 12.6 Å². The SMILES string of the molecule is CC1=C(c2ccccc2)ON(C)C1C. The molecule has 1 unspecified atom stereocenters. The first kappa shape index (κ1) is 9.28. The first-order valence-corrected chi connectivity index (χ1v) is 4.87. The van der Waals surface area contributed by atoms with Gasteiger partial charge in [-0.2, -0.15) is 0 Å². The molecule has 0 saturated heterocycles. The van der Waals surface area contributed by atoms with Gasteiger partial charge >= 0.3 is 0 Å². The third-order valence-corrected chi connectivity index (χ3v) is 2.80. The van der Waals surface area contributed by atoms with Gasteiger partial charge in [0.2, 0.25) is 0 Å². The van der Waals surface area contributed by atoms with Crippen molar-refractivity contribution in [3.63, 3.8) is 0 Å². The largest absolute Gasteiger partial charge is 0.405 e. The number of hydrogen-bond acceptors (Lipinski definition) is 2. The van der Waals surface area contributed by atoms with E-state index >= 15 is 0 Å². The molecule has 2 heteroatoms. The molecule has 1 atom stereocenters. The van der Waals surface area contributed by atoms with Gasteiger partial charge in [0.05, 0.1) is 6.04 Å². The summed E-state index contributed by atoms with van der Waals surface area (Å²) < 4.78 is 0. The molecule has 0 amide bonds. The van der Waals surface area contributed by atoms with Gasteiger partial charge in [0.1, 0.15) is 0 Å². The fourth-order valence-corrected chi connectivity index (χ4v) is 1.63. The molecule has 1 aliphatic rings. The molecule has 0 radical (unpaired) electrons. The predicted octanol–water partition coefficient (Wildman–Crippen LogP) is 2.68. The van der Waals surface area contributed by atoms with Crippen molar-refractivity contribution >= 4 is 5.76 Å². The molecule has 0 N–H and O–H groups in total. The molecule has 2 rings (SSSR count). The Kier molecular flexibility index (Phi) is 2.30. The average Bonchev–Trinajstić information content (AvgIpc) is 2.47. The van der Waals surface area contributed by atoms with Crippen LogP contribution in [0.5, 0.6) is 0 Å². The van der Waals surface area contributed by atoms with E-state index in [4.69, 9.17) is 4.84 Å². The van der Waals surface area contributed by atoms with Gasteiger partial charge in [0.25, 0.3) is 0 Å². The van der Waals surface area contributed by atoms with E-state index in [0.29, 0.717) is 6.04 Å². The summed E-state index contributed by atoms with van der Waals surface area (Å²) in [6.45, 7) is 4.27. The first-order chi connectivity index (χ1) is 6.70. The second kappa shape index (κ2) is 3.46. The topological polar surface area (TPSA) is 12.5 Å². The van der Waals surface area contributed by atoms with Crippen LogP contribution in [0.25, 0.3) is 5.76 Å². The Morgan fingerprint density at radius 2 is 1.86 bits per heavy atom. The van der Waals surface area contributed by atoms with Crippen molar-refractivity contribution in [2.75, 3.05) is 7.05 Å². The summed E-state index contributed by atoms with van der Waals surface area (Å²) in [6, 6.07) is 10.6. The van der Waals surface area contributed by atoms with Crippen LogP contribution in [0.4, 0.5) is 0 Å². The monoisotopic (exact) mass is 189 g/mol. The Hall–Kier alpha value is -1.28. The zero-order chi connectivity index (χ0) is 10.1. The fraction of sp³-hybridized carbons (Fsp3) is 0.333. The second-order valence-electron chi connectivity index (χ2n) is 3.69. The first-order valence-electron chi connectivity index (χ1n) is 4.87. The average molecular weight is 189 g/mol. The highest BCUT2D eigenvalue weighted by atomic mass is 16.7. The maximum atomic E-state index is 5.68. The summed E-state index contributed by atoms with van der Waals surface area (Å²) in [5, 5.41) is 1.89. The molecular formula is C12H15NO. The van der Waals surface area contributed by atoms with Crippen LogP contribution in [-0.4, -0.2) is 18.2 Å². The lowest BCUT2D eigenvalue weighted by molar-refractivity contribution is -0.0613. The van der Waals surface area contributed by atoms with E-state index in [9.17, 15) is 0 Å². The van der Waals surface area contributed by atoms with Crippen molar-refractivity contribution in [1.82, 2.24) is 5.06 Å². The van der Waals surface area contributed by atoms with Gasteiger partial charge < -0.3 is 4.84 Å². The van der Waals surface area contributed by atoms with E-state index in [1.807, 2.05) is 30.3 Å². The lowest BCUT2D eigenvalue weighted by Crippen LogP contribution is -2.22. The summed E-state index contributed by atoms with van der Waals surface area (Å²) in [6.07, 6.45) is 0. The van der Waals surface area contributed by atoms with Gasteiger partial charge in [-0.3, -0.25) is 0 Å². The van der Waals surface area contributed by atoms with Crippen LogP contribution in [0.15, 0.2) is 35.9 Å². The van der Waals surface area contributed by atoms with Crippen LogP contribution in [-0.2, 0) is 4.84 Å². The molecule has 1 aromatic rings. The molecule has 0 aliphatic carbocycles. The Balaban J connectivity index is 2.37. The second-order valence-corrected chi connectivity index (χ2v) is 3.69. The summed E-state index contributed by atoms with van der Waals surface area (Å²) in [5.41, 5.74) is 2.44. The normalized spacial score (nSPS) is 22.6. The molecule has 74 valence electrons. The zero-order valence-corrected chi connectivity index (χ0v) is 8.82. The molecule has 0 aromatic heterocycles. The van der Waals surface area contributed by atoms with Crippen molar-refractivity contribution in [1.29, 1.82) is 0 Å². The van der Waals surface area contributed by atoms with E-state index in [1.54, 1.807) is 0 Å². The van der Waals surface area contributed by atoms with E-state index < -0.39 is 0 Å². The van der Waals surface area contributed by atoms with Crippen LogP contribution in [0.3, 0.4) is 0 Å². The van der Waals surface area contributed by atoms with Gasteiger partial charge in [-0.15, -0.1) is 5.06 Å². The third-order valence-electron chi connectivity index (χ3n) is 2.80. The molecule has 1 aromatic carbocycles. The van der Waals surface area contributed by atoms with Gasteiger partial charge in [0.15, 0.2) is 5.76 Å². The van der Waals surface area contributed by atoms with Crippen molar-refractivity contribution in [2.45, 2.75) is 19.9 Å². The van der Waals surface area contributed by atoms with Gasteiger partial charge in [-0.25, -0.2) is 0 Å². The maximum absolute atomic E-state index is 5.68. The number of hydroxylamine groups is 2. The Bertz CT molecular complexity index is 356. The minimum atomic E-state index is 0.366. The van der Waals surface area contributed by atoms with Crippen molar-refractivity contribution in [2.24, 2.45) is 0 Å². The summed E-state index contributed by atoms with van der Waals surface area (Å²) in [7, 11) is 1.96. The van der Waals surface area contributed by atoms with Crippen LogP contribution in [0, 0.1) is 0 Å². The minimum Gasteiger partial charge on any atom is -0.405 e. The number of likely N-dealkylation sites (N-methyl/N-ethyl adjacent to an activating group) is 1.